The molecule has 13 heavy (non-hydrogen) atoms. The van der Waals surface area contributed by atoms with E-state index in [9.17, 15) is 4.79 Å². The number of nitrogens with zero attached hydrogens (tertiary/aromatic N) is 1. The Kier molecular flexibility index (Phi) is 3.27. The summed E-state index contributed by atoms with van der Waals surface area (Å²) in [5.74, 6) is 0.137. The van der Waals surface area contributed by atoms with Crippen LogP contribution in [0, 0.1) is 5.41 Å². The topological polar surface area (TPSA) is 55.6 Å². The largest absolute Gasteiger partial charge is 0.378 e. The molecule has 0 atom stereocenters. The van der Waals surface area contributed by atoms with E-state index >= 15 is 0 Å². The normalized spacial score (nSPS) is 18.8. The fourth-order valence-corrected chi connectivity index (χ4v) is 1.28. The number of nitrogens with two attached hydrogens (primary N) is 1. The second kappa shape index (κ2) is 4.07. The van der Waals surface area contributed by atoms with E-state index in [-0.39, 0.29) is 5.91 Å². The summed E-state index contributed by atoms with van der Waals surface area (Å²) in [6.45, 7) is 6.84. The van der Waals surface area contributed by atoms with Crippen LogP contribution in [0.3, 0.4) is 0 Å². The number of hydrogen-bond acceptors (Lipinski definition) is 3. The van der Waals surface area contributed by atoms with Gasteiger partial charge in [-0.3, -0.25) is 4.79 Å². The van der Waals surface area contributed by atoms with Crippen LogP contribution >= 0.6 is 0 Å². The van der Waals surface area contributed by atoms with Gasteiger partial charge in [-0.15, -0.1) is 0 Å². The van der Waals surface area contributed by atoms with Gasteiger partial charge in [-0.1, -0.05) is 0 Å². The van der Waals surface area contributed by atoms with Crippen molar-refractivity contribution in [1.82, 2.24) is 4.90 Å². The molecule has 4 nitrogen and oxygen atoms in total. The predicted octanol–water partition coefficient (Wildman–Crippen LogP) is -0.170. The summed E-state index contributed by atoms with van der Waals surface area (Å²) in [5.41, 5.74) is 5.10. The Bertz CT molecular complexity index is 186. The summed E-state index contributed by atoms with van der Waals surface area (Å²) in [6.07, 6.45) is 0. The van der Waals surface area contributed by atoms with Crippen LogP contribution < -0.4 is 5.73 Å². The number of rotatable bonds is 2. The fraction of sp³-hybridized carbons (Fsp3) is 0.889. The number of carbonyl (C=O) groups excluding carboxylic acids is 1. The average molecular weight is 186 g/mol. The maximum atomic E-state index is 11.8. The minimum absolute atomic E-state index is 0.137. The summed E-state index contributed by atoms with van der Waals surface area (Å²) in [7, 11) is 0. The SMILES string of the molecule is CC(C)(CN)C(=O)N1CCOCC1. The standard InChI is InChI=1S/C9H18N2O2/c1-9(2,7-10)8(12)11-3-5-13-6-4-11/h3-7,10H2,1-2H3. The zero-order valence-electron chi connectivity index (χ0n) is 8.38. The van der Waals surface area contributed by atoms with E-state index in [0.717, 1.165) is 0 Å². The van der Waals surface area contributed by atoms with Gasteiger partial charge in [-0.2, -0.15) is 0 Å². The lowest BCUT2D eigenvalue weighted by atomic mass is 9.92. The average Bonchev–Trinajstić information content (AvgIpc) is 2.18. The molecule has 0 aromatic heterocycles. The third-order valence-corrected chi connectivity index (χ3v) is 2.39. The molecule has 0 radical (unpaired) electrons. The van der Waals surface area contributed by atoms with Gasteiger partial charge in [0.2, 0.25) is 5.91 Å². The van der Waals surface area contributed by atoms with Crippen LogP contribution in [0.1, 0.15) is 13.8 Å². The molecule has 0 aromatic carbocycles. The molecule has 0 unspecified atom stereocenters. The van der Waals surface area contributed by atoms with Crippen molar-refractivity contribution >= 4 is 5.91 Å². The van der Waals surface area contributed by atoms with Crippen LogP contribution in [-0.4, -0.2) is 43.7 Å². The highest BCUT2D eigenvalue weighted by molar-refractivity contribution is 5.82. The highest BCUT2D eigenvalue weighted by Gasteiger charge is 2.31. The number of morpholine rings is 1. The van der Waals surface area contributed by atoms with E-state index in [1.54, 1.807) is 0 Å². The Balaban J connectivity index is 2.55. The van der Waals surface area contributed by atoms with Gasteiger partial charge in [0, 0.05) is 19.6 Å². The maximum absolute atomic E-state index is 11.8. The molecule has 0 aromatic rings. The van der Waals surface area contributed by atoms with Gasteiger partial charge >= 0.3 is 0 Å². The molecule has 76 valence electrons. The van der Waals surface area contributed by atoms with Crippen LogP contribution in [-0.2, 0) is 9.53 Å². The second-order valence-corrected chi connectivity index (χ2v) is 3.99. The van der Waals surface area contributed by atoms with Crippen molar-refractivity contribution in [3.05, 3.63) is 0 Å². The molecule has 2 N–H and O–H groups in total. The van der Waals surface area contributed by atoms with E-state index in [1.165, 1.54) is 0 Å². The van der Waals surface area contributed by atoms with E-state index in [2.05, 4.69) is 0 Å². The maximum Gasteiger partial charge on any atom is 0.229 e. The first-order valence-electron chi connectivity index (χ1n) is 4.65. The number of hydrogen-bond donors (Lipinski definition) is 1. The Morgan fingerprint density at radius 1 is 1.46 bits per heavy atom. The van der Waals surface area contributed by atoms with Gasteiger partial charge in [0.15, 0.2) is 0 Å². The molecule has 1 heterocycles. The zero-order chi connectivity index (χ0) is 9.90. The zero-order valence-corrected chi connectivity index (χ0v) is 8.38. The molecule has 1 aliphatic heterocycles. The number of carbonyl (C=O) groups is 1. The Morgan fingerprint density at radius 2 is 2.00 bits per heavy atom. The molecule has 1 fully saturated rings. The Morgan fingerprint density at radius 3 is 2.46 bits per heavy atom. The summed E-state index contributed by atoms with van der Waals surface area (Å²) in [5, 5.41) is 0. The molecule has 1 saturated heterocycles. The van der Waals surface area contributed by atoms with Crippen LogP contribution in [0.5, 0.6) is 0 Å². The van der Waals surface area contributed by atoms with E-state index in [1.807, 2.05) is 18.7 Å². The summed E-state index contributed by atoms with van der Waals surface area (Å²) in [6, 6.07) is 0. The van der Waals surface area contributed by atoms with E-state index in [0.29, 0.717) is 32.8 Å². The lowest BCUT2D eigenvalue weighted by Crippen LogP contribution is -2.49. The van der Waals surface area contributed by atoms with Crippen LogP contribution in [0.4, 0.5) is 0 Å². The molecular formula is C9H18N2O2. The molecule has 4 heteroatoms. The first kappa shape index (κ1) is 10.5. The van der Waals surface area contributed by atoms with Crippen LogP contribution in [0.15, 0.2) is 0 Å². The summed E-state index contributed by atoms with van der Waals surface area (Å²) >= 11 is 0. The number of ether oxygens (including phenoxy) is 1. The first-order valence-corrected chi connectivity index (χ1v) is 4.65. The van der Waals surface area contributed by atoms with Gasteiger partial charge < -0.3 is 15.4 Å². The summed E-state index contributed by atoms with van der Waals surface area (Å²) in [4.78, 5) is 13.7. The van der Waals surface area contributed by atoms with Gasteiger partial charge in [-0.25, -0.2) is 0 Å². The van der Waals surface area contributed by atoms with Crippen molar-refractivity contribution in [3.63, 3.8) is 0 Å². The molecule has 1 aliphatic rings. The van der Waals surface area contributed by atoms with Crippen molar-refractivity contribution in [2.24, 2.45) is 11.1 Å². The lowest BCUT2D eigenvalue weighted by Gasteiger charge is -2.33. The molecular weight excluding hydrogens is 168 g/mol. The van der Waals surface area contributed by atoms with Gasteiger partial charge in [0.1, 0.15) is 0 Å². The van der Waals surface area contributed by atoms with Crippen molar-refractivity contribution in [2.75, 3.05) is 32.8 Å². The quantitative estimate of drug-likeness (QED) is 0.651. The van der Waals surface area contributed by atoms with Crippen LogP contribution in [0.25, 0.3) is 0 Å². The minimum Gasteiger partial charge on any atom is -0.378 e. The van der Waals surface area contributed by atoms with Crippen molar-refractivity contribution in [2.45, 2.75) is 13.8 Å². The third kappa shape index (κ3) is 2.42. The van der Waals surface area contributed by atoms with Crippen molar-refractivity contribution in [3.8, 4) is 0 Å². The Labute approximate surface area is 79.0 Å². The minimum atomic E-state index is -0.433. The molecule has 0 aliphatic carbocycles. The fourth-order valence-electron chi connectivity index (χ4n) is 1.28. The monoisotopic (exact) mass is 186 g/mol. The van der Waals surface area contributed by atoms with Gasteiger partial charge in [-0.05, 0) is 13.8 Å². The lowest BCUT2D eigenvalue weighted by molar-refractivity contribution is -0.143. The third-order valence-electron chi connectivity index (χ3n) is 2.39. The predicted molar refractivity (Wildman–Crippen MR) is 50.2 cm³/mol. The van der Waals surface area contributed by atoms with E-state index in [4.69, 9.17) is 10.5 Å². The van der Waals surface area contributed by atoms with Crippen molar-refractivity contribution in [1.29, 1.82) is 0 Å². The molecule has 0 bridgehead atoms. The Hall–Kier alpha value is -0.610. The van der Waals surface area contributed by atoms with Crippen molar-refractivity contribution < 1.29 is 9.53 Å². The molecule has 1 amide bonds. The molecule has 0 saturated carbocycles. The highest BCUT2D eigenvalue weighted by Crippen LogP contribution is 2.17. The first-order chi connectivity index (χ1) is 6.08. The van der Waals surface area contributed by atoms with Crippen LogP contribution in [0.2, 0.25) is 0 Å². The van der Waals surface area contributed by atoms with Gasteiger partial charge in [0.25, 0.3) is 0 Å². The smallest absolute Gasteiger partial charge is 0.229 e. The molecule has 1 rings (SSSR count). The number of amides is 1. The highest BCUT2D eigenvalue weighted by atomic mass is 16.5. The second-order valence-electron chi connectivity index (χ2n) is 3.99. The van der Waals surface area contributed by atoms with Gasteiger partial charge in [0.05, 0.1) is 18.6 Å². The molecule has 0 spiro atoms. The van der Waals surface area contributed by atoms with E-state index < -0.39 is 5.41 Å². The summed E-state index contributed by atoms with van der Waals surface area (Å²) < 4.78 is 5.17.